The molecule has 1 saturated heterocycles. The molecule has 2 heterocycles. The Balaban J connectivity index is 1.85. The maximum absolute atomic E-state index is 13.4. The van der Waals surface area contributed by atoms with Crippen molar-refractivity contribution in [3.05, 3.63) is 53.9 Å². The summed E-state index contributed by atoms with van der Waals surface area (Å²) in [5, 5.41) is 2.47. The number of ether oxygens (including phenoxy) is 6. The molecule has 13 heteroatoms. The molecule has 1 N–H and O–H groups in total. The number of nitrogens with zero attached hydrogens (tertiary/aromatic N) is 1. The highest BCUT2D eigenvalue weighted by Crippen LogP contribution is 2.30. The number of cyclic esters (lactones) is 2. The molecule has 3 rings (SSSR count). The van der Waals surface area contributed by atoms with E-state index in [1.165, 1.54) is 26.3 Å². The third kappa shape index (κ3) is 9.40. The topological polar surface area (TPSA) is 166 Å². The number of rotatable bonds is 10. The van der Waals surface area contributed by atoms with Gasteiger partial charge in [-0.1, -0.05) is 44.2 Å². The Morgan fingerprint density at radius 3 is 2.38 bits per heavy atom. The summed E-state index contributed by atoms with van der Waals surface area (Å²) in [4.78, 5) is 69.0. The molecule has 0 saturated carbocycles. The highest BCUT2D eigenvalue weighted by atomic mass is 16.7. The molecule has 0 bridgehead atoms. The summed E-state index contributed by atoms with van der Waals surface area (Å²) >= 11 is 0. The normalized spacial score (nSPS) is 20.4. The Hall–Kier alpha value is -4.68. The van der Waals surface area contributed by atoms with Crippen LogP contribution in [0.15, 0.2) is 42.6 Å². The number of carbonyl (C=O) groups is 5. The van der Waals surface area contributed by atoms with Crippen molar-refractivity contribution in [1.29, 1.82) is 0 Å². The van der Waals surface area contributed by atoms with Crippen molar-refractivity contribution in [2.75, 3.05) is 20.5 Å². The molecule has 1 aliphatic rings. The zero-order valence-electron chi connectivity index (χ0n) is 26.5. The molecule has 0 aliphatic carbocycles. The van der Waals surface area contributed by atoms with Crippen molar-refractivity contribution in [3.8, 4) is 11.5 Å². The lowest BCUT2D eigenvalue weighted by Crippen LogP contribution is -2.47. The first-order valence-electron chi connectivity index (χ1n) is 14.5. The van der Waals surface area contributed by atoms with E-state index < -0.39 is 78.7 Å². The summed E-state index contributed by atoms with van der Waals surface area (Å²) < 4.78 is 32.8. The van der Waals surface area contributed by atoms with Gasteiger partial charge in [0.05, 0.1) is 18.4 Å². The second kappa shape index (κ2) is 15.4. The summed E-state index contributed by atoms with van der Waals surface area (Å²) in [6, 6.07) is 9.03. The van der Waals surface area contributed by atoms with Gasteiger partial charge in [-0.15, -0.1) is 0 Å². The summed E-state index contributed by atoms with van der Waals surface area (Å²) in [7, 11) is 1.34. The molecule has 1 aromatic carbocycles. The third-order valence-electron chi connectivity index (χ3n) is 6.78. The van der Waals surface area contributed by atoms with E-state index in [4.69, 9.17) is 28.4 Å². The van der Waals surface area contributed by atoms with Crippen LogP contribution in [0, 0.1) is 17.3 Å². The van der Waals surface area contributed by atoms with Gasteiger partial charge >= 0.3 is 23.9 Å². The van der Waals surface area contributed by atoms with E-state index in [0.29, 0.717) is 0 Å². The van der Waals surface area contributed by atoms with E-state index in [9.17, 15) is 24.0 Å². The van der Waals surface area contributed by atoms with Crippen LogP contribution >= 0.6 is 0 Å². The average molecular weight is 629 g/mol. The van der Waals surface area contributed by atoms with Gasteiger partial charge in [0.1, 0.15) is 18.6 Å². The average Bonchev–Trinajstić information content (AvgIpc) is 3.02. The molecule has 0 radical (unpaired) electrons. The predicted octanol–water partition coefficient (Wildman–Crippen LogP) is 3.03. The van der Waals surface area contributed by atoms with Crippen molar-refractivity contribution in [2.24, 2.45) is 17.3 Å². The largest absolute Gasteiger partial charge is 0.493 e. The zero-order valence-corrected chi connectivity index (χ0v) is 26.5. The minimum Gasteiger partial charge on any atom is -0.493 e. The number of carbonyl (C=O) groups excluding carboxylic acids is 5. The molecule has 1 aliphatic heterocycles. The fraction of sp³-hybridized carbons (Fsp3) is 0.500. The minimum atomic E-state index is -1.46. The molecule has 1 aromatic heterocycles. The molecule has 0 spiro atoms. The number of esters is 4. The lowest BCUT2D eigenvalue weighted by atomic mass is 9.91. The molecule has 13 nitrogen and oxygen atoms in total. The summed E-state index contributed by atoms with van der Waals surface area (Å²) in [6.45, 7) is 8.68. The molecular weight excluding hydrogens is 588 g/mol. The Labute approximate surface area is 261 Å². The van der Waals surface area contributed by atoms with Gasteiger partial charge < -0.3 is 33.7 Å². The molecule has 1 fully saturated rings. The number of hydrogen-bond acceptors (Lipinski definition) is 12. The van der Waals surface area contributed by atoms with E-state index in [1.807, 2.05) is 18.2 Å². The molecule has 2 aromatic rings. The Bertz CT molecular complexity index is 1370. The third-order valence-corrected chi connectivity index (χ3v) is 6.78. The maximum atomic E-state index is 13.4. The standard InChI is InChI=1S/C32H40N2O11/c1-18(2)28(36)45-25-19(3)44-30(38)22(16-41-29(37)21(25)15-20-11-9-8-10-12-20)34-27(35)24-26(23(40-7)13-14-33-24)42-17-43-31(39)32(4,5)6/h8-14,18-19,21-22,25H,15-17H2,1-7H3,(H,34,35). The van der Waals surface area contributed by atoms with Gasteiger partial charge in [0.25, 0.3) is 5.91 Å². The number of nitrogens with one attached hydrogen (secondary N) is 1. The number of hydrogen-bond donors (Lipinski definition) is 1. The van der Waals surface area contributed by atoms with Crippen molar-refractivity contribution in [2.45, 2.75) is 66.2 Å². The number of aromatic nitrogens is 1. The second-order valence-corrected chi connectivity index (χ2v) is 11.8. The number of methoxy groups -OCH3 is 1. The lowest BCUT2D eigenvalue weighted by Gasteiger charge is -2.29. The van der Waals surface area contributed by atoms with Gasteiger partial charge in [0.15, 0.2) is 29.3 Å². The Morgan fingerprint density at radius 2 is 1.76 bits per heavy atom. The Morgan fingerprint density at radius 1 is 1.07 bits per heavy atom. The Kier molecular flexibility index (Phi) is 11.9. The van der Waals surface area contributed by atoms with Crippen LogP contribution in [0.3, 0.4) is 0 Å². The van der Waals surface area contributed by atoms with E-state index in [2.05, 4.69) is 10.3 Å². The van der Waals surface area contributed by atoms with Gasteiger partial charge in [-0.2, -0.15) is 0 Å². The fourth-order valence-corrected chi connectivity index (χ4v) is 4.23. The number of amides is 1. The van der Waals surface area contributed by atoms with Crippen molar-refractivity contribution >= 4 is 29.8 Å². The summed E-state index contributed by atoms with van der Waals surface area (Å²) in [6.07, 6.45) is -0.817. The van der Waals surface area contributed by atoms with E-state index >= 15 is 0 Å². The SMILES string of the molecule is COc1ccnc(C(=O)NC2COC(=O)C(Cc3ccccc3)C(OC(=O)C(C)C)C(C)OC2=O)c1OCOC(=O)C(C)(C)C. The second-order valence-electron chi connectivity index (χ2n) is 11.8. The maximum Gasteiger partial charge on any atom is 0.332 e. The summed E-state index contributed by atoms with van der Waals surface area (Å²) in [5.74, 6) is -5.24. The molecular formula is C32H40N2O11. The van der Waals surface area contributed by atoms with Crippen LogP contribution in [0.25, 0.3) is 0 Å². The van der Waals surface area contributed by atoms with Crippen molar-refractivity contribution < 1.29 is 52.4 Å². The van der Waals surface area contributed by atoms with Crippen molar-refractivity contribution in [1.82, 2.24) is 10.3 Å². The predicted molar refractivity (Wildman–Crippen MR) is 158 cm³/mol. The first kappa shape index (κ1) is 34.8. The fourth-order valence-electron chi connectivity index (χ4n) is 4.23. The van der Waals surface area contributed by atoms with E-state index in [1.54, 1.807) is 46.8 Å². The molecule has 45 heavy (non-hydrogen) atoms. The van der Waals surface area contributed by atoms with Crippen LogP contribution in [0.5, 0.6) is 11.5 Å². The van der Waals surface area contributed by atoms with Crippen LogP contribution in [-0.2, 0) is 44.5 Å². The van der Waals surface area contributed by atoms with Gasteiger partial charge in [0.2, 0.25) is 6.79 Å². The number of pyridine rings is 1. The molecule has 244 valence electrons. The van der Waals surface area contributed by atoms with Crippen LogP contribution in [0.1, 0.15) is 57.6 Å². The molecule has 4 atom stereocenters. The van der Waals surface area contributed by atoms with Gasteiger partial charge in [0, 0.05) is 12.3 Å². The first-order valence-corrected chi connectivity index (χ1v) is 14.5. The monoisotopic (exact) mass is 628 g/mol. The smallest absolute Gasteiger partial charge is 0.332 e. The molecule has 1 amide bonds. The quantitative estimate of drug-likeness (QED) is 0.233. The van der Waals surface area contributed by atoms with Gasteiger partial charge in [-0.05, 0) is 39.7 Å². The highest BCUT2D eigenvalue weighted by Gasteiger charge is 2.42. The first-order chi connectivity index (χ1) is 21.2. The van der Waals surface area contributed by atoms with E-state index in [0.717, 1.165) is 5.56 Å². The number of benzene rings is 1. The van der Waals surface area contributed by atoms with Crippen LogP contribution in [0.4, 0.5) is 0 Å². The highest BCUT2D eigenvalue weighted by molar-refractivity contribution is 5.98. The summed E-state index contributed by atoms with van der Waals surface area (Å²) in [5.41, 5.74) is -0.308. The van der Waals surface area contributed by atoms with Crippen molar-refractivity contribution in [3.63, 3.8) is 0 Å². The van der Waals surface area contributed by atoms with Crippen LogP contribution in [-0.4, -0.2) is 73.5 Å². The van der Waals surface area contributed by atoms with Gasteiger partial charge in [-0.3, -0.25) is 19.2 Å². The lowest BCUT2D eigenvalue weighted by molar-refractivity contribution is -0.176. The van der Waals surface area contributed by atoms with E-state index in [-0.39, 0.29) is 23.6 Å². The molecule has 4 unspecified atom stereocenters. The van der Waals surface area contributed by atoms with Crippen LogP contribution in [0.2, 0.25) is 0 Å². The van der Waals surface area contributed by atoms with Crippen LogP contribution < -0.4 is 14.8 Å². The van der Waals surface area contributed by atoms with Gasteiger partial charge in [-0.25, -0.2) is 9.78 Å². The minimum absolute atomic E-state index is 0.109. The zero-order chi connectivity index (χ0) is 33.3.